The van der Waals surface area contributed by atoms with E-state index >= 15 is 0 Å². The standard InChI is InChI=1S/C18H14ClF7O3/c1-7(27)8-4-5-9(14(21)13(8)20)18(25,26)29-15(28)12-10(16(12,2)3)6-11(19)17(22,23)24/h4-6,10,12H,1-3H3. The smallest absolute Gasteiger partial charge is 0.397 e. The van der Waals surface area contributed by atoms with Crippen molar-refractivity contribution >= 4 is 23.4 Å². The molecule has 29 heavy (non-hydrogen) atoms. The molecule has 1 aromatic carbocycles. The van der Waals surface area contributed by atoms with E-state index in [2.05, 4.69) is 4.74 Å². The molecule has 1 aliphatic carbocycles. The second kappa shape index (κ2) is 7.30. The number of ether oxygens (including phenoxy) is 1. The molecule has 1 saturated carbocycles. The summed E-state index contributed by atoms with van der Waals surface area (Å²) in [6.07, 6.45) is -8.98. The third-order valence-electron chi connectivity index (χ3n) is 4.77. The second-order valence-electron chi connectivity index (χ2n) is 7.12. The van der Waals surface area contributed by atoms with Gasteiger partial charge in [0.05, 0.1) is 11.5 Å². The van der Waals surface area contributed by atoms with Gasteiger partial charge in [-0.05, 0) is 30.4 Å². The zero-order chi connectivity index (χ0) is 22.5. The number of hydrogen-bond acceptors (Lipinski definition) is 3. The van der Waals surface area contributed by atoms with Gasteiger partial charge in [0.1, 0.15) is 10.6 Å². The molecule has 0 N–H and O–H groups in total. The van der Waals surface area contributed by atoms with E-state index in [4.69, 9.17) is 11.6 Å². The monoisotopic (exact) mass is 446 g/mol. The van der Waals surface area contributed by atoms with Gasteiger partial charge < -0.3 is 4.74 Å². The Kier molecular flexibility index (Phi) is 5.84. The molecular formula is C18H14ClF7O3. The number of halogens is 8. The van der Waals surface area contributed by atoms with Crippen molar-refractivity contribution in [3.63, 3.8) is 0 Å². The third-order valence-corrected chi connectivity index (χ3v) is 5.11. The molecule has 0 amide bonds. The van der Waals surface area contributed by atoms with Gasteiger partial charge in [0.15, 0.2) is 17.4 Å². The van der Waals surface area contributed by atoms with Crippen molar-refractivity contribution in [2.45, 2.75) is 33.1 Å². The number of hydrogen-bond donors (Lipinski definition) is 0. The topological polar surface area (TPSA) is 43.4 Å². The quantitative estimate of drug-likeness (QED) is 0.330. The van der Waals surface area contributed by atoms with Crippen LogP contribution in [0.2, 0.25) is 0 Å². The SMILES string of the molecule is CC(=O)c1ccc(C(F)(F)OC(=O)C2C(C=C(Cl)C(F)(F)F)C2(C)C)c(F)c1F. The minimum absolute atomic E-state index is 0.387. The highest BCUT2D eigenvalue weighted by molar-refractivity contribution is 6.30. The minimum atomic E-state index is -4.88. The maximum Gasteiger partial charge on any atom is 0.431 e. The summed E-state index contributed by atoms with van der Waals surface area (Å²) in [6.45, 7) is 3.56. The summed E-state index contributed by atoms with van der Waals surface area (Å²) in [7, 11) is 0. The normalized spacial score (nSPS) is 21.7. The summed E-state index contributed by atoms with van der Waals surface area (Å²) >= 11 is 5.11. The Morgan fingerprint density at radius 3 is 2.14 bits per heavy atom. The number of ketones is 1. The molecule has 1 fully saturated rings. The van der Waals surface area contributed by atoms with Gasteiger partial charge in [-0.15, -0.1) is 0 Å². The maximum atomic E-state index is 14.2. The zero-order valence-corrected chi connectivity index (χ0v) is 15.9. The van der Waals surface area contributed by atoms with E-state index in [1.807, 2.05) is 0 Å². The van der Waals surface area contributed by atoms with Crippen LogP contribution < -0.4 is 0 Å². The number of Topliss-reactive ketones (excluding diaryl/α,β-unsaturated/α-hetero) is 1. The zero-order valence-electron chi connectivity index (χ0n) is 15.1. The lowest BCUT2D eigenvalue weighted by molar-refractivity contribution is -0.243. The fraction of sp³-hybridized carbons (Fsp3) is 0.444. The fourth-order valence-corrected chi connectivity index (χ4v) is 3.12. The van der Waals surface area contributed by atoms with E-state index in [1.54, 1.807) is 0 Å². The van der Waals surface area contributed by atoms with Gasteiger partial charge in [0.25, 0.3) is 0 Å². The average Bonchev–Trinajstić information content (AvgIpc) is 3.08. The molecule has 3 nitrogen and oxygen atoms in total. The predicted octanol–water partition coefficient (Wildman–Crippen LogP) is 5.72. The van der Waals surface area contributed by atoms with Crippen LogP contribution in [-0.4, -0.2) is 17.9 Å². The van der Waals surface area contributed by atoms with Crippen LogP contribution in [0.5, 0.6) is 0 Å². The van der Waals surface area contributed by atoms with Gasteiger partial charge in [0, 0.05) is 0 Å². The molecule has 0 aliphatic heterocycles. The molecule has 1 aromatic rings. The lowest BCUT2D eigenvalue weighted by Crippen LogP contribution is -2.26. The van der Waals surface area contributed by atoms with E-state index in [0.717, 1.165) is 6.92 Å². The molecule has 0 radical (unpaired) electrons. The Balaban J connectivity index is 2.27. The molecule has 0 saturated heterocycles. The number of benzene rings is 1. The van der Waals surface area contributed by atoms with E-state index < -0.39 is 69.1 Å². The van der Waals surface area contributed by atoms with Gasteiger partial charge in [-0.2, -0.15) is 22.0 Å². The van der Waals surface area contributed by atoms with Crippen molar-refractivity contribution < 1.29 is 45.1 Å². The molecule has 0 heterocycles. The van der Waals surface area contributed by atoms with Gasteiger partial charge in [-0.25, -0.2) is 8.78 Å². The molecule has 2 unspecified atom stereocenters. The first-order valence-corrected chi connectivity index (χ1v) is 8.44. The lowest BCUT2D eigenvalue weighted by atomic mass is 10.1. The van der Waals surface area contributed by atoms with Crippen LogP contribution >= 0.6 is 11.6 Å². The van der Waals surface area contributed by atoms with E-state index in [1.165, 1.54) is 13.8 Å². The highest BCUT2D eigenvalue weighted by Crippen LogP contribution is 2.61. The summed E-state index contributed by atoms with van der Waals surface area (Å²) in [5, 5.41) is -1.52. The van der Waals surface area contributed by atoms with Crippen molar-refractivity contribution in [1.29, 1.82) is 0 Å². The Morgan fingerprint density at radius 2 is 1.66 bits per heavy atom. The predicted molar refractivity (Wildman–Crippen MR) is 87.1 cm³/mol. The molecule has 1 aliphatic rings. The number of alkyl halides is 5. The summed E-state index contributed by atoms with van der Waals surface area (Å²) in [5.74, 6) is -9.00. The first kappa shape index (κ1) is 23.2. The summed E-state index contributed by atoms with van der Waals surface area (Å²) in [5.41, 5.74) is -3.59. The minimum Gasteiger partial charge on any atom is -0.397 e. The van der Waals surface area contributed by atoms with Crippen LogP contribution in [0.1, 0.15) is 36.7 Å². The third kappa shape index (κ3) is 4.41. The summed E-state index contributed by atoms with van der Waals surface area (Å²) in [6, 6.07) is 0.992. The van der Waals surface area contributed by atoms with Crippen LogP contribution in [0, 0.1) is 28.9 Å². The Morgan fingerprint density at radius 1 is 1.10 bits per heavy atom. The number of rotatable bonds is 5. The van der Waals surface area contributed by atoms with Gasteiger partial charge >= 0.3 is 18.3 Å². The average molecular weight is 447 g/mol. The van der Waals surface area contributed by atoms with Gasteiger partial charge in [-0.3, -0.25) is 9.59 Å². The van der Waals surface area contributed by atoms with Crippen molar-refractivity contribution in [2.24, 2.45) is 17.3 Å². The first-order chi connectivity index (χ1) is 13.0. The molecule has 160 valence electrons. The van der Waals surface area contributed by atoms with Gasteiger partial charge in [-0.1, -0.05) is 31.5 Å². The van der Waals surface area contributed by atoms with Crippen LogP contribution in [0.15, 0.2) is 23.2 Å². The van der Waals surface area contributed by atoms with Gasteiger partial charge in [0.2, 0.25) is 0 Å². The van der Waals surface area contributed by atoms with Crippen molar-refractivity contribution in [3.8, 4) is 0 Å². The highest BCUT2D eigenvalue weighted by Gasteiger charge is 2.63. The fourth-order valence-electron chi connectivity index (χ4n) is 2.98. The Bertz CT molecular complexity index is 890. The molecule has 0 aromatic heterocycles. The van der Waals surface area contributed by atoms with E-state index in [-0.39, 0.29) is 0 Å². The number of carbonyl (C=O) groups excluding carboxylic acids is 2. The Hall–Kier alpha value is -2.10. The molecular weight excluding hydrogens is 433 g/mol. The van der Waals surface area contributed by atoms with Crippen molar-refractivity contribution in [3.05, 3.63) is 46.0 Å². The molecule has 2 rings (SSSR count). The number of allylic oxidation sites excluding steroid dienone is 2. The van der Waals surface area contributed by atoms with Crippen LogP contribution in [0.4, 0.5) is 30.7 Å². The van der Waals surface area contributed by atoms with E-state index in [9.17, 15) is 40.3 Å². The summed E-state index contributed by atoms with van der Waals surface area (Å²) < 4.78 is 97.9. The second-order valence-corrected chi connectivity index (χ2v) is 7.53. The van der Waals surface area contributed by atoms with E-state index in [0.29, 0.717) is 18.2 Å². The highest BCUT2D eigenvalue weighted by atomic mass is 35.5. The van der Waals surface area contributed by atoms with Crippen LogP contribution in [0.25, 0.3) is 0 Å². The van der Waals surface area contributed by atoms with Crippen LogP contribution in [0.3, 0.4) is 0 Å². The van der Waals surface area contributed by atoms with Crippen molar-refractivity contribution in [1.82, 2.24) is 0 Å². The molecule has 11 heteroatoms. The number of esters is 1. The molecule has 0 spiro atoms. The first-order valence-electron chi connectivity index (χ1n) is 8.06. The largest absolute Gasteiger partial charge is 0.431 e. The lowest BCUT2D eigenvalue weighted by Gasteiger charge is -2.18. The maximum absolute atomic E-state index is 14.2. The summed E-state index contributed by atoms with van der Waals surface area (Å²) in [4.78, 5) is 23.2. The van der Waals surface area contributed by atoms with Crippen molar-refractivity contribution in [2.75, 3.05) is 0 Å². The molecule has 2 atom stereocenters. The number of carbonyl (C=O) groups is 2. The molecule has 0 bridgehead atoms. The van der Waals surface area contributed by atoms with Crippen LogP contribution in [-0.2, 0) is 15.6 Å². The Labute approximate surface area is 165 Å².